The van der Waals surface area contributed by atoms with Gasteiger partial charge in [-0.15, -0.1) is 0 Å². The van der Waals surface area contributed by atoms with Gasteiger partial charge in [-0.25, -0.2) is 4.39 Å². The summed E-state index contributed by atoms with van der Waals surface area (Å²) in [5, 5.41) is 0. The van der Waals surface area contributed by atoms with E-state index in [1.54, 1.807) is 19.2 Å². The Kier molecular flexibility index (Phi) is 5.59. The van der Waals surface area contributed by atoms with Crippen LogP contribution >= 0.6 is 0 Å². The third-order valence-electron chi connectivity index (χ3n) is 5.41. The van der Waals surface area contributed by atoms with Crippen molar-refractivity contribution in [1.82, 2.24) is 4.90 Å². The minimum Gasteiger partial charge on any atom is -0.494 e. The second kappa shape index (κ2) is 7.70. The number of carbonyl (C=O) groups excluding carboxylic acids is 1. The van der Waals surface area contributed by atoms with Crippen molar-refractivity contribution in [3.8, 4) is 5.75 Å². The van der Waals surface area contributed by atoms with E-state index in [2.05, 4.69) is 0 Å². The van der Waals surface area contributed by atoms with Crippen molar-refractivity contribution in [2.24, 2.45) is 0 Å². The maximum Gasteiger partial charge on any atom is 0.226 e. The van der Waals surface area contributed by atoms with Crippen LogP contribution in [0.2, 0.25) is 0 Å². The topological polar surface area (TPSA) is 48.0 Å². The molecular formula is C19H26FNO4. The van der Waals surface area contributed by atoms with Crippen LogP contribution in [-0.2, 0) is 20.7 Å². The highest BCUT2D eigenvalue weighted by Gasteiger charge is 2.45. The lowest BCUT2D eigenvalue weighted by atomic mass is 9.81. The van der Waals surface area contributed by atoms with Gasteiger partial charge in [0.05, 0.1) is 25.2 Å². The highest BCUT2D eigenvalue weighted by Crippen LogP contribution is 2.36. The van der Waals surface area contributed by atoms with Crippen molar-refractivity contribution < 1.29 is 23.4 Å². The number of benzene rings is 1. The van der Waals surface area contributed by atoms with E-state index in [4.69, 9.17) is 14.2 Å². The second-order valence-corrected chi connectivity index (χ2v) is 6.81. The summed E-state index contributed by atoms with van der Waals surface area (Å²) in [6, 6.07) is 4.66. The zero-order chi connectivity index (χ0) is 17.9. The quantitative estimate of drug-likeness (QED) is 0.837. The van der Waals surface area contributed by atoms with Gasteiger partial charge in [0.2, 0.25) is 5.91 Å². The number of carbonyl (C=O) groups is 1. The second-order valence-electron chi connectivity index (χ2n) is 6.81. The zero-order valence-electron chi connectivity index (χ0n) is 14.9. The smallest absolute Gasteiger partial charge is 0.226 e. The van der Waals surface area contributed by atoms with E-state index in [-0.39, 0.29) is 29.8 Å². The molecule has 0 radical (unpaired) electrons. The van der Waals surface area contributed by atoms with Crippen LogP contribution in [0.3, 0.4) is 0 Å². The molecule has 2 fully saturated rings. The molecule has 6 heteroatoms. The number of ether oxygens (including phenoxy) is 3. The Labute approximate surface area is 148 Å². The molecule has 138 valence electrons. The summed E-state index contributed by atoms with van der Waals surface area (Å²) in [7, 11) is 3.16. The van der Waals surface area contributed by atoms with Crippen molar-refractivity contribution >= 4 is 5.91 Å². The lowest BCUT2D eigenvalue weighted by molar-refractivity contribution is -0.188. The maximum atomic E-state index is 13.8. The number of hydrogen-bond acceptors (Lipinski definition) is 4. The van der Waals surface area contributed by atoms with Crippen molar-refractivity contribution in [3.05, 3.63) is 29.6 Å². The summed E-state index contributed by atoms with van der Waals surface area (Å²) in [5.74, 6) is -0.232. The van der Waals surface area contributed by atoms with E-state index in [9.17, 15) is 9.18 Å². The van der Waals surface area contributed by atoms with Gasteiger partial charge in [-0.05, 0) is 43.4 Å². The first-order valence-electron chi connectivity index (χ1n) is 8.85. The predicted octanol–water partition coefficient (Wildman–Crippen LogP) is 2.56. The van der Waals surface area contributed by atoms with E-state index in [0.29, 0.717) is 18.7 Å². The Hall–Kier alpha value is -1.66. The normalized spacial score (nSPS) is 22.8. The fraction of sp³-hybridized carbons (Fsp3) is 0.632. The maximum absolute atomic E-state index is 13.8. The number of piperidine rings is 1. The number of rotatable bonds is 4. The molecule has 2 aliphatic rings. The Morgan fingerprint density at radius 1 is 1.36 bits per heavy atom. The van der Waals surface area contributed by atoms with Gasteiger partial charge in [0, 0.05) is 26.8 Å². The summed E-state index contributed by atoms with van der Waals surface area (Å²) >= 11 is 0. The molecule has 0 aliphatic carbocycles. The van der Waals surface area contributed by atoms with E-state index in [1.807, 2.05) is 4.90 Å². The van der Waals surface area contributed by atoms with E-state index < -0.39 is 5.82 Å². The van der Waals surface area contributed by atoms with Gasteiger partial charge >= 0.3 is 0 Å². The minimum absolute atomic E-state index is 0.0178. The molecule has 1 aromatic carbocycles. The fourth-order valence-electron chi connectivity index (χ4n) is 3.94. The third kappa shape index (κ3) is 3.80. The number of likely N-dealkylation sites (tertiary alicyclic amines) is 1. The highest BCUT2D eigenvalue weighted by molar-refractivity contribution is 5.79. The van der Waals surface area contributed by atoms with Crippen LogP contribution in [0.1, 0.15) is 31.2 Å². The average Bonchev–Trinajstić information content (AvgIpc) is 2.63. The molecule has 3 rings (SSSR count). The summed E-state index contributed by atoms with van der Waals surface area (Å²) in [4.78, 5) is 14.4. The molecule has 2 heterocycles. The average molecular weight is 351 g/mol. The number of amides is 1. The molecule has 0 saturated carbocycles. The van der Waals surface area contributed by atoms with Crippen molar-refractivity contribution in [2.75, 3.05) is 33.9 Å². The van der Waals surface area contributed by atoms with Gasteiger partial charge in [0.1, 0.15) is 0 Å². The van der Waals surface area contributed by atoms with Crippen molar-refractivity contribution in [2.45, 2.75) is 43.8 Å². The summed E-state index contributed by atoms with van der Waals surface area (Å²) in [6.45, 7) is 2.06. The number of halogens is 1. The molecule has 1 spiro atoms. The molecule has 1 amide bonds. The van der Waals surface area contributed by atoms with Gasteiger partial charge in [-0.2, -0.15) is 0 Å². The predicted molar refractivity (Wildman–Crippen MR) is 91.2 cm³/mol. The third-order valence-corrected chi connectivity index (χ3v) is 5.41. The van der Waals surface area contributed by atoms with Crippen LogP contribution in [0.15, 0.2) is 18.2 Å². The molecule has 1 aromatic rings. The molecule has 0 aromatic heterocycles. The van der Waals surface area contributed by atoms with Gasteiger partial charge in [-0.1, -0.05) is 6.07 Å². The molecule has 5 nitrogen and oxygen atoms in total. The monoisotopic (exact) mass is 351 g/mol. The minimum atomic E-state index is -0.441. The van der Waals surface area contributed by atoms with E-state index in [1.165, 1.54) is 13.2 Å². The van der Waals surface area contributed by atoms with Crippen molar-refractivity contribution in [1.29, 1.82) is 0 Å². The lowest BCUT2D eigenvalue weighted by Gasteiger charge is -2.48. The standard InChI is InChI=1S/C19H26FNO4/c1-23-16-6-5-14(12-15(16)20)13-18(22)21-9-7-19(8-10-21)17(24-2)4-3-11-25-19/h5-6,12,17H,3-4,7-11,13H2,1-2H3/t17-/m1/s1. The van der Waals surface area contributed by atoms with E-state index >= 15 is 0 Å². The van der Waals surface area contributed by atoms with Gasteiger partial charge in [-0.3, -0.25) is 4.79 Å². The molecule has 2 aliphatic heterocycles. The first-order chi connectivity index (χ1) is 12.1. The molecule has 2 saturated heterocycles. The number of nitrogens with zero attached hydrogens (tertiary/aromatic N) is 1. The van der Waals surface area contributed by atoms with Gasteiger partial charge in [0.15, 0.2) is 11.6 Å². The summed E-state index contributed by atoms with van der Waals surface area (Å²) < 4.78 is 30.4. The van der Waals surface area contributed by atoms with E-state index in [0.717, 1.165) is 32.3 Å². The van der Waals surface area contributed by atoms with Gasteiger partial charge < -0.3 is 19.1 Å². The summed E-state index contributed by atoms with van der Waals surface area (Å²) in [5.41, 5.74) is 0.406. The largest absolute Gasteiger partial charge is 0.494 e. The van der Waals surface area contributed by atoms with Crippen LogP contribution in [-0.4, -0.2) is 56.4 Å². The Morgan fingerprint density at radius 3 is 2.76 bits per heavy atom. The fourth-order valence-corrected chi connectivity index (χ4v) is 3.94. The number of methoxy groups -OCH3 is 2. The molecule has 0 N–H and O–H groups in total. The molecular weight excluding hydrogens is 325 g/mol. The van der Waals surface area contributed by atoms with Crippen molar-refractivity contribution in [3.63, 3.8) is 0 Å². The first-order valence-corrected chi connectivity index (χ1v) is 8.85. The van der Waals surface area contributed by atoms with Crippen LogP contribution in [0.4, 0.5) is 4.39 Å². The molecule has 0 unspecified atom stereocenters. The zero-order valence-corrected chi connectivity index (χ0v) is 14.9. The molecule has 0 bridgehead atoms. The number of hydrogen-bond donors (Lipinski definition) is 0. The molecule has 1 atom stereocenters. The first kappa shape index (κ1) is 18.1. The molecule has 25 heavy (non-hydrogen) atoms. The Balaban J connectivity index is 1.59. The SMILES string of the molecule is COc1ccc(CC(=O)N2CCC3(CC2)OCCC[C@H]3OC)cc1F. The van der Waals surface area contributed by atoms with Crippen LogP contribution in [0, 0.1) is 5.82 Å². The Bertz CT molecular complexity index is 613. The van der Waals surface area contributed by atoms with Crippen LogP contribution in [0.5, 0.6) is 5.75 Å². The highest BCUT2D eigenvalue weighted by atomic mass is 19.1. The summed E-state index contributed by atoms with van der Waals surface area (Å²) in [6.07, 6.45) is 3.90. The lowest BCUT2D eigenvalue weighted by Crippen LogP contribution is -2.56. The Morgan fingerprint density at radius 2 is 2.12 bits per heavy atom. The van der Waals surface area contributed by atoms with Crippen LogP contribution in [0.25, 0.3) is 0 Å². The van der Waals surface area contributed by atoms with Gasteiger partial charge in [0.25, 0.3) is 0 Å². The van der Waals surface area contributed by atoms with Crippen LogP contribution < -0.4 is 4.74 Å².